The lowest BCUT2D eigenvalue weighted by Gasteiger charge is -2.28. The van der Waals surface area contributed by atoms with Crippen molar-refractivity contribution in [1.29, 1.82) is 0 Å². The lowest BCUT2D eigenvalue weighted by molar-refractivity contribution is 0.175. The van der Waals surface area contributed by atoms with Crippen LogP contribution in [0.15, 0.2) is 0 Å². The highest BCUT2D eigenvalue weighted by atomic mass is 16.3. The van der Waals surface area contributed by atoms with Gasteiger partial charge in [-0.15, -0.1) is 0 Å². The van der Waals surface area contributed by atoms with Crippen LogP contribution in [-0.4, -0.2) is 41.3 Å². The highest BCUT2D eigenvalue weighted by Gasteiger charge is 2.37. The van der Waals surface area contributed by atoms with Gasteiger partial charge in [0.25, 0.3) is 0 Å². The zero-order chi connectivity index (χ0) is 10.9. The Morgan fingerprint density at radius 3 is 2.80 bits per heavy atom. The molecule has 15 heavy (non-hydrogen) atoms. The van der Waals surface area contributed by atoms with Crippen LogP contribution >= 0.6 is 0 Å². The minimum atomic E-state index is -0.376. The Kier molecular flexibility index (Phi) is 3.33. The second kappa shape index (κ2) is 4.40. The molecule has 3 heteroatoms. The quantitative estimate of drug-likeness (QED) is 0.713. The molecule has 3 nitrogen and oxygen atoms in total. The van der Waals surface area contributed by atoms with E-state index >= 15 is 0 Å². The van der Waals surface area contributed by atoms with Gasteiger partial charge in [-0.25, -0.2) is 0 Å². The molecule has 0 radical (unpaired) electrons. The molecule has 1 saturated carbocycles. The Balaban J connectivity index is 1.67. The zero-order valence-corrected chi connectivity index (χ0v) is 9.78. The largest absolute Gasteiger partial charge is 0.394 e. The molecular weight excluding hydrogens is 188 g/mol. The molecule has 88 valence electrons. The van der Waals surface area contributed by atoms with E-state index in [9.17, 15) is 0 Å². The molecule has 3 unspecified atom stereocenters. The molecule has 1 aliphatic carbocycles. The number of hydrogen-bond donors (Lipinski definition) is 2. The Morgan fingerprint density at radius 1 is 1.47 bits per heavy atom. The van der Waals surface area contributed by atoms with E-state index in [-0.39, 0.29) is 12.1 Å². The van der Waals surface area contributed by atoms with Crippen LogP contribution in [0.25, 0.3) is 0 Å². The average Bonchev–Trinajstić information content (AvgIpc) is 2.79. The molecule has 1 heterocycles. The van der Waals surface area contributed by atoms with Gasteiger partial charge in [0.15, 0.2) is 0 Å². The van der Waals surface area contributed by atoms with Crippen LogP contribution in [-0.2, 0) is 0 Å². The van der Waals surface area contributed by atoms with E-state index in [1.54, 1.807) is 0 Å². The number of nitrogens with zero attached hydrogens (tertiary/aromatic N) is 1. The lowest BCUT2D eigenvalue weighted by atomic mass is 9.98. The van der Waals surface area contributed by atoms with Gasteiger partial charge in [-0.05, 0) is 51.5 Å². The second-order valence-electron chi connectivity index (χ2n) is 5.74. The summed E-state index contributed by atoms with van der Waals surface area (Å²) in [5.74, 6) is 0.983. The van der Waals surface area contributed by atoms with Gasteiger partial charge in [0, 0.05) is 18.1 Å². The molecule has 0 amide bonds. The van der Waals surface area contributed by atoms with Gasteiger partial charge >= 0.3 is 0 Å². The third-order valence-electron chi connectivity index (χ3n) is 4.08. The standard InChI is InChI=1S/C12H24N2O/c1-12(13,9-15)5-2-6-14-8-10-3-4-11(14)7-10/h10-11,15H,2-9,13H2,1H3. The van der Waals surface area contributed by atoms with E-state index in [0.717, 1.165) is 24.8 Å². The second-order valence-corrected chi connectivity index (χ2v) is 5.74. The van der Waals surface area contributed by atoms with Gasteiger partial charge < -0.3 is 15.7 Å². The van der Waals surface area contributed by atoms with Crippen LogP contribution in [0.5, 0.6) is 0 Å². The van der Waals surface area contributed by atoms with Crippen molar-refractivity contribution < 1.29 is 5.11 Å². The summed E-state index contributed by atoms with van der Waals surface area (Å²) < 4.78 is 0. The van der Waals surface area contributed by atoms with Crippen molar-refractivity contribution >= 4 is 0 Å². The number of piperidine rings is 1. The molecule has 1 aliphatic heterocycles. The number of aliphatic hydroxyl groups is 1. The normalized spacial score (nSPS) is 34.6. The first kappa shape index (κ1) is 11.4. The molecule has 3 atom stereocenters. The fraction of sp³-hybridized carbons (Fsp3) is 1.00. The Hall–Kier alpha value is -0.120. The van der Waals surface area contributed by atoms with E-state index in [0.29, 0.717) is 0 Å². The van der Waals surface area contributed by atoms with Gasteiger partial charge in [-0.3, -0.25) is 0 Å². The van der Waals surface area contributed by atoms with Crippen molar-refractivity contribution in [3.05, 3.63) is 0 Å². The van der Waals surface area contributed by atoms with Crippen molar-refractivity contribution in [2.45, 2.75) is 50.6 Å². The third-order valence-corrected chi connectivity index (χ3v) is 4.08. The summed E-state index contributed by atoms with van der Waals surface area (Å²) in [7, 11) is 0. The minimum Gasteiger partial charge on any atom is -0.394 e. The van der Waals surface area contributed by atoms with Crippen molar-refractivity contribution in [3.63, 3.8) is 0 Å². The molecule has 0 aromatic heterocycles. The van der Waals surface area contributed by atoms with Crippen LogP contribution in [0.2, 0.25) is 0 Å². The highest BCUT2D eigenvalue weighted by Crippen LogP contribution is 2.37. The van der Waals surface area contributed by atoms with E-state index < -0.39 is 0 Å². The van der Waals surface area contributed by atoms with Gasteiger partial charge in [0.05, 0.1) is 6.61 Å². The Labute approximate surface area is 92.6 Å². The summed E-state index contributed by atoms with van der Waals surface area (Å²) in [5.41, 5.74) is 5.53. The zero-order valence-electron chi connectivity index (χ0n) is 9.78. The van der Waals surface area contributed by atoms with E-state index in [2.05, 4.69) is 4.90 Å². The first-order valence-electron chi connectivity index (χ1n) is 6.24. The first-order chi connectivity index (χ1) is 7.11. The van der Waals surface area contributed by atoms with Crippen molar-refractivity contribution in [2.24, 2.45) is 11.7 Å². The van der Waals surface area contributed by atoms with Crippen LogP contribution < -0.4 is 5.73 Å². The third kappa shape index (κ3) is 2.71. The molecule has 0 aromatic rings. The summed E-state index contributed by atoms with van der Waals surface area (Å²) in [5, 5.41) is 9.05. The summed E-state index contributed by atoms with van der Waals surface area (Å²) in [6, 6.07) is 0.869. The smallest absolute Gasteiger partial charge is 0.0608 e. The van der Waals surface area contributed by atoms with Crippen LogP contribution in [0.3, 0.4) is 0 Å². The molecule has 0 aromatic carbocycles. The summed E-state index contributed by atoms with van der Waals surface area (Å²) in [4.78, 5) is 2.63. The predicted octanol–water partition coefficient (Wildman–Crippen LogP) is 0.961. The lowest BCUT2D eigenvalue weighted by Crippen LogP contribution is -2.41. The van der Waals surface area contributed by atoms with Gasteiger partial charge in [-0.2, -0.15) is 0 Å². The van der Waals surface area contributed by atoms with E-state index in [4.69, 9.17) is 10.8 Å². The minimum absolute atomic E-state index is 0.0963. The van der Waals surface area contributed by atoms with Crippen molar-refractivity contribution in [2.75, 3.05) is 19.7 Å². The molecule has 0 spiro atoms. The van der Waals surface area contributed by atoms with E-state index in [1.807, 2.05) is 6.92 Å². The number of nitrogens with two attached hydrogens (primary N) is 1. The van der Waals surface area contributed by atoms with Gasteiger partial charge in [0.1, 0.15) is 0 Å². The maximum atomic E-state index is 9.05. The van der Waals surface area contributed by atoms with Crippen LogP contribution in [0, 0.1) is 5.92 Å². The fourth-order valence-electron chi connectivity index (χ4n) is 3.07. The maximum Gasteiger partial charge on any atom is 0.0608 e. The van der Waals surface area contributed by atoms with E-state index in [1.165, 1.54) is 32.4 Å². The summed E-state index contributed by atoms with van der Waals surface area (Å²) in [6.07, 6.45) is 6.34. The number of likely N-dealkylation sites (tertiary alicyclic amines) is 1. The summed E-state index contributed by atoms with van der Waals surface area (Å²) >= 11 is 0. The number of fused-ring (bicyclic) bond motifs is 2. The molecule has 1 saturated heterocycles. The molecule has 2 rings (SSSR count). The fourth-order valence-corrected chi connectivity index (χ4v) is 3.07. The molecule has 2 aliphatic rings. The van der Waals surface area contributed by atoms with Crippen LogP contribution in [0.1, 0.15) is 39.0 Å². The molecule has 2 fully saturated rings. The van der Waals surface area contributed by atoms with Crippen LogP contribution in [0.4, 0.5) is 0 Å². The topological polar surface area (TPSA) is 49.5 Å². The molecular formula is C12H24N2O. The number of hydrogen-bond acceptors (Lipinski definition) is 3. The monoisotopic (exact) mass is 212 g/mol. The number of rotatable bonds is 5. The Morgan fingerprint density at radius 2 is 2.27 bits per heavy atom. The average molecular weight is 212 g/mol. The van der Waals surface area contributed by atoms with Crippen molar-refractivity contribution in [3.8, 4) is 0 Å². The summed E-state index contributed by atoms with van der Waals surface area (Å²) in [6.45, 7) is 4.52. The van der Waals surface area contributed by atoms with Gasteiger partial charge in [0.2, 0.25) is 0 Å². The SMILES string of the molecule is CC(N)(CO)CCCN1CC2CCC1C2. The van der Waals surface area contributed by atoms with Crippen molar-refractivity contribution in [1.82, 2.24) is 4.90 Å². The Bertz CT molecular complexity index is 218. The molecule has 2 bridgehead atoms. The highest BCUT2D eigenvalue weighted by molar-refractivity contribution is 4.92. The van der Waals surface area contributed by atoms with Gasteiger partial charge in [-0.1, -0.05) is 0 Å². The maximum absolute atomic E-state index is 9.05. The number of aliphatic hydroxyl groups excluding tert-OH is 1. The predicted molar refractivity (Wildman–Crippen MR) is 61.6 cm³/mol. The molecule has 3 N–H and O–H groups in total. The first-order valence-corrected chi connectivity index (χ1v) is 6.24.